The largest absolute Gasteiger partial charge is 0.351 e. The van der Waals surface area contributed by atoms with Crippen molar-refractivity contribution >= 4 is 17.7 Å². The average Bonchev–Trinajstić information content (AvgIpc) is 2.89. The van der Waals surface area contributed by atoms with Crippen LogP contribution in [0.25, 0.3) is 0 Å². The van der Waals surface area contributed by atoms with Crippen LogP contribution >= 0.6 is 11.8 Å². The minimum Gasteiger partial charge on any atom is -0.351 e. The molecule has 0 aromatic heterocycles. The molecule has 98 valence electrons. The molecule has 17 heavy (non-hydrogen) atoms. The molecule has 0 spiro atoms. The molecule has 2 rings (SSSR count). The maximum Gasteiger partial charge on any atom is 0.237 e. The van der Waals surface area contributed by atoms with E-state index < -0.39 is 0 Å². The summed E-state index contributed by atoms with van der Waals surface area (Å²) in [6.07, 6.45) is 6.96. The highest BCUT2D eigenvalue weighted by molar-refractivity contribution is 7.98. The van der Waals surface area contributed by atoms with Gasteiger partial charge in [-0.1, -0.05) is 13.3 Å². The van der Waals surface area contributed by atoms with E-state index in [9.17, 15) is 4.79 Å². The highest BCUT2D eigenvalue weighted by atomic mass is 32.2. The Kier molecular flexibility index (Phi) is 4.74. The number of nitrogens with one attached hydrogen (secondary N) is 2. The van der Waals surface area contributed by atoms with Crippen LogP contribution < -0.4 is 10.6 Å². The van der Waals surface area contributed by atoms with E-state index >= 15 is 0 Å². The minimum absolute atomic E-state index is 0.0819. The molecule has 2 N–H and O–H groups in total. The maximum atomic E-state index is 12.2. The van der Waals surface area contributed by atoms with Crippen molar-refractivity contribution < 1.29 is 4.79 Å². The number of carbonyl (C=O) groups excluding carboxylic acids is 1. The molecule has 0 aromatic carbocycles. The molecular formula is C13H24N2OS. The van der Waals surface area contributed by atoms with Gasteiger partial charge in [-0.05, 0) is 43.9 Å². The van der Waals surface area contributed by atoms with Crippen molar-refractivity contribution in [2.24, 2.45) is 11.8 Å². The zero-order valence-corrected chi connectivity index (χ0v) is 11.7. The molecule has 3 nitrogen and oxygen atoms in total. The number of hydrogen-bond donors (Lipinski definition) is 2. The first-order valence-electron chi connectivity index (χ1n) is 6.79. The van der Waals surface area contributed by atoms with Gasteiger partial charge >= 0.3 is 0 Å². The fourth-order valence-corrected chi connectivity index (χ4v) is 3.95. The molecule has 0 aromatic rings. The van der Waals surface area contributed by atoms with E-state index in [-0.39, 0.29) is 11.9 Å². The normalized spacial score (nSPS) is 33.4. The number of rotatable bonds is 5. The molecule has 4 atom stereocenters. The second-order valence-corrected chi connectivity index (χ2v) is 6.22. The third-order valence-electron chi connectivity index (χ3n) is 4.24. The van der Waals surface area contributed by atoms with Crippen LogP contribution in [0.5, 0.6) is 0 Å². The van der Waals surface area contributed by atoms with Gasteiger partial charge in [0.05, 0.1) is 6.04 Å². The van der Waals surface area contributed by atoms with Crippen LogP contribution in [0.15, 0.2) is 0 Å². The van der Waals surface area contributed by atoms with E-state index in [0.717, 1.165) is 24.6 Å². The zero-order valence-electron chi connectivity index (χ0n) is 10.9. The van der Waals surface area contributed by atoms with Gasteiger partial charge in [0.25, 0.3) is 0 Å². The van der Waals surface area contributed by atoms with Crippen molar-refractivity contribution in [3.8, 4) is 0 Å². The minimum atomic E-state index is 0.0819. The van der Waals surface area contributed by atoms with Gasteiger partial charge in [0.2, 0.25) is 5.91 Å². The van der Waals surface area contributed by atoms with Crippen LogP contribution in [0.3, 0.4) is 0 Å². The second-order valence-electron chi connectivity index (χ2n) is 5.31. The quantitative estimate of drug-likeness (QED) is 0.785. The summed E-state index contributed by atoms with van der Waals surface area (Å²) < 4.78 is 0. The number of carbonyl (C=O) groups is 1. The SMILES string of the molecule is CCC(CSC)NC(=O)C1NCC2CCCC21. The lowest BCUT2D eigenvalue weighted by Crippen LogP contribution is -2.48. The molecule has 1 heterocycles. The Balaban J connectivity index is 1.87. The summed E-state index contributed by atoms with van der Waals surface area (Å²) in [5.41, 5.74) is 0. The second kappa shape index (κ2) is 6.10. The summed E-state index contributed by atoms with van der Waals surface area (Å²) in [6, 6.07) is 0.415. The average molecular weight is 256 g/mol. The van der Waals surface area contributed by atoms with Crippen molar-refractivity contribution in [2.75, 3.05) is 18.6 Å². The van der Waals surface area contributed by atoms with Crippen LogP contribution in [-0.4, -0.2) is 36.5 Å². The number of amides is 1. The molecule has 1 saturated heterocycles. The van der Waals surface area contributed by atoms with Crippen molar-refractivity contribution in [3.63, 3.8) is 0 Å². The third-order valence-corrected chi connectivity index (χ3v) is 4.97. The van der Waals surface area contributed by atoms with Gasteiger partial charge in [0.1, 0.15) is 0 Å². The summed E-state index contributed by atoms with van der Waals surface area (Å²) in [5.74, 6) is 2.61. The lowest BCUT2D eigenvalue weighted by atomic mass is 9.93. The maximum absolute atomic E-state index is 12.2. The fraction of sp³-hybridized carbons (Fsp3) is 0.923. The molecule has 1 amide bonds. The van der Waals surface area contributed by atoms with Crippen molar-refractivity contribution in [2.45, 2.75) is 44.7 Å². The molecule has 4 heteroatoms. The van der Waals surface area contributed by atoms with Gasteiger partial charge in [-0.25, -0.2) is 0 Å². The fourth-order valence-electron chi connectivity index (χ4n) is 3.23. The topological polar surface area (TPSA) is 41.1 Å². The van der Waals surface area contributed by atoms with Crippen molar-refractivity contribution in [3.05, 3.63) is 0 Å². The highest BCUT2D eigenvalue weighted by Crippen LogP contribution is 2.37. The van der Waals surface area contributed by atoms with Crippen LogP contribution in [0, 0.1) is 11.8 Å². The van der Waals surface area contributed by atoms with E-state index in [1.807, 2.05) is 0 Å². The van der Waals surface area contributed by atoms with E-state index in [1.54, 1.807) is 11.8 Å². The zero-order chi connectivity index (χ0) is 12.3. The lowest BCUT2D eigenvalue weighted by Gasteiger charge is -2.22. The number of fused-ring (bicyclic) bond motifs is 1. The van der Waals surface area contributed by atoms with Gasteiger partial charge < -0.3 is 10.6 Å². The van der Waals surface area contributed by atoms with E-state index in [1.165, 1.54) is 19.3 Å². The molecule has 2 aliphatic rings. The van der Waals surface area contributed by atoms with E-state index in [0.29, 0.717) is 12.0 Å². The van der Waals surface area contributed by atoms with E-state index in [4.69, 9.17) is 0 Å². The Morgan fingerprint density at radius 2 is 2.35 bits per heavy atom. The number of hydrogen-bond acceptors (Lipinski definition) is 3. The Morgan fingerprint density at radius 1 is 1.53 bits per heavy atom. The van der Waals surface area contributed by atoms with Gasteiger partial charge in [-0.15, -0.1) is 0 Å². The Labute approximate surface area is 108 Å². The molecule has 0 bridgehead atoms. The van der Waals surface area contributed by atoms with Gasteiger partial charge in [-0.3, -0.25) is 4.79 Å². The molecule has 1 aliphatic heterocycles. The first kappa shape index (κ1) is 13.2. The molecule has 1 aliphatic carbocycles. The summed E-state index contributed by atoms with van der Waals surface area (Å²) in [4.78, 5) is 12.2. The molecule has 1 saturated carbocycles. The van der Waals surface area contributed by atoms with Crippen molar-refractivity contribution in [1.29, 1.82) is 0 Å². The molecule has 4 unspecified atom stereocenters. The molecule has 0 radical (unpaired) electrons. The van der Waals surface area contributed by atoms with Crippen LogP contribution in [0.2, 0.25) is 0 Å². The molecule has 2 fully saturated rings. The summed E-state index contributed by atoms with van der Waals surface area (Å²) >= 11 is 1.80. The molecular weight excluding hydrogens is 232 g/mol. The first-order chi connectivity index (χ1) is 8.26. The van der Waals surface area contributed by atoms with E-state index in [2.05, 4.69) is 23.8 Å². The number of thioether (sulfide) groups is 1. The predicted octanol–water partition coefficient (Wildman–Crippen LogP) is 1.63. The Morgan fingerprint density at radius 3 is 3.06 bits per heavy atom. The smallest absolute Gasteiger partial charge is 0.237 e. The summed E-state index contributed by atoms with van der Waals surface area (Å²) in [6.45, 7) is 3.18. The van der Waals surface area contributed by atoms with Crippen LogP contribution in [0.4, 0.5) is 0 Å². The standard InChI is InChI=1S/C13H24N2OS/c1-3-10(8-17-2)15-13(16)12-11-6-4-5-9(11)7-14-12/h9-12,14H,3-8H2,1-2H3,(H,15,16). The Hall–Kier alpha value is -0.220. The van der Waals surface area contributed by atoms with Gasteiger partial charge in [0, 0.05) is 11.8 Å². The van der Waals surface area contributed by atoms with Crippen molar-refractivity contribution in [1.82, 2.24) is 10.6 Å². The highest BCUT2D eigenvalue weighted by Gasteiger charge is 2.42. The monoisotopic (exact) mass is 256 g/mol. The van der Waals surface area contributed by atoms with Gasteiger partial charge in [0.15, 0.2) is 0 Å². The lowest BCUT2D eigenvalue weighted by molar-refractivity contribution is -0.124. The van der Waals surface area contributed by atoms with Gasteiger partial charge in [-0.2, -0.15) is 11.8 Å². The summed E-state index contributed by atoms with van der Waals surface area (Å²) in [7, 11) is 0. The first-order valence-corrected chi connectivity index (χ1v) is 8.18. The third kappa shape index (κ3) is 2.97. The van der Waals surface area contributed by atoms with Crippen LogP contribution in [0.1, 0.15) is 32.6 Å². The van der Waals surface area contributed by atoms with Crippen LogP contribution in [-0.2, 0) is 4.79 Å². The Bertz CT molecular complexity index is 272. The predicted molar refractivity (Wildman–Crippen MR) is 73.2 cm³/mol. The summed E-state index contributed by atoms with van der Waals surface area (Å²) in [5, 5.41) is 6.61.